The number of nitrogens with zero attached hydrogens (tertiary/aromatic N) is 4. The second kappa shape index (κ2) is 15.3. The molecule has 5 nitrogen and oxygen atoms in total. The SMILES string of the molecule is C1=CC(c2cccc(-c3c4c(cc5c(-c6ccccc6)nc6ccccc6c35)oc3ccccc34)c2)CC=C1c1nc(-c2ccccc2)nc(-c2ccc(-c3ccccc3)cc2)n1. The topological polar surface area (TPSA) is 64.7 Å². The largest absolute Gasteiger partial charge is 0.456 e. The van der Waals surface area contributed by atoms with Crippen LogP contribution < -0.4 is 0 Å². The molecule has 0 amide bonds. The number of hydrogen-bond acceptors (Lipinski definition) is 5. The zero-order valence-corrected chi connectivity index (χ0v) is 34.2. The molecule has 0 spiro atoms. The lowest BCUT2D eigenvalue weighted by Crippen LogP contribution is -2.05. The van der Waals surface area contributed by atoms with E-state index < -0.39 is 0 Å². The first-order valence-electron chi connectivity index (χ1n) is 21.4. The van der Waals surface area contributed by atoms with Crippen molar-refractivity contribution in [1.29, 1.82) is 0 Å². The average molecular weight is 807 g/mol. The Hall–Kier alpha value is -8.28. The molecule has 3 aromatic heterocycles. The van der Waals surface area contributed by atoms with E-state index >= 15 is 0 Å². The van der Waals surface area contributed by atoms with Gasteiger partial charge in [-0.2, -0.15) is 0 Å². The van der Waals surface area contributed by atoms with Gasteiger partial charge in [-0.1, -0.05) is 194 Å². The third-order valence-corrected chi connectivity index (χ3v) is 12.3. The van der Waals surface area contributed by atoms with Gasteiger partial charge in [0.1, 0.15) is 11.2 Å². The maximum atomic E-state index is 6.66. The predicted molar refractivity (Wildman–Crippen MR) is 258 cm³/mol. The maximum absolute atomic E-state index is 6.66. The van der Waals surface area contributed by atoms with Gasteiger partial charge in [0, 0.05) is 60.7 Å². The van der Waals surface area contributed by atoms with Gasteiger partial charge in [0.15, 0.2) is 17.5 Å². The van der Waals surface area contributed by atoms with Crippen LogP contribution in [0.4, 0.5) is 0 Å². The molecule has 63 heavy (non-hydrogen) atoms. The molecule has 296 valence electrons. The average Bonchev–Trinajstić information content (AvgIpc) is 3.74. The molecule has 1 aliphatic carbocycles. The number of benzene rings is 8. The van der Waals surface area contributed by atoms with Crippen LogP contribution in [0.15, 0.2) is 217 Å². The second-order valence-corrected chi connectivity index (χ2v) is 16.1. The van der Waals surface area contributed by atoms with Crippen LogP contribution in [-0.2, 0) is 0 Å². The van der Waals surface area contributed by atoms with Crippen molar-refractivity contribution in [2.45, 2.75) is 12.3 Å². The molecule has 0 fully saturated rings. The molecular formula is C58H38N4O. The van der Waals surface area contributed by atoms with Crippen LogP contribution in [0.2, 0.25) is 0 Å². The Morgan fingerprint density at radius 1 is 0.413 bits per heavy atom. The smallest absolute Gasteiger partial charge is 0.164 e. The molecule has 11 aromatic rings. The van der Waals surface area contributed by atoms with Gasteiger partial charge >= 0.3 is 0 Å². The first-order chi connectivity index (χ1) is 31.2. The van der Waals surface area contributed by atoms with Crippen LogP contribution in [0.3, 0.4) is 0 Å². The summed E-state index contributed by atoms with van der Waals surface area (Å²) in [5.74, 6) is 2.11. The highest BCUT2D eigenvalue weighted by Gasteiger charge is 2.23. The summed E-state index contributed by atoms with van der Waals surface area (Å²) in [6.07, 6.45) is 7.55. The van der Waals surface area contributed by atoms with Gasteiger partial charge in [-0.05, 0) is 46.9 Å². The minimum atomic E-state index is 0.152. The Balaban J connectivity index is 0.953. The molecule has 0 saturated heterocycles. The molecule has 0 bridgehead atoms. The standard InChI is InChI=1S/C58H38N4O/c1-4-15-37(16-5-1)38-27-31-42(32-28-38)57-60-56(41-19-8-3-9-20-41)61-58(62-57)43-33-29-39(30-34-43)44-21-14-22-45(35-44)52-53-46-23-10-12-25-49(46)59-55(40-17-6-2-7-18-40)48(53)36-51-54(52)47-24-11-13-26-50(47)63-51/h1-29,31-36,39H,30H2. The van der Waals surface area contributed by atoms with Crippen LogP contribution in [-0.4, -0.2) is 19.9 Å². The molecule has 1 aliphatic rings. The Bertz CT molecular complexity index is 3580. The van der Waals surface area contributed by atoms with E-state index in [1.54, 1.807) is 0 Å². The molecule has 0 saturated carbocycles. The molecule has 8 aromatic carbocycles. The number of aromatic nitrogens is 4. The Morgan fingerprint density at radius 3 is 1.73 bits per heavy atom. The molecule has 5 heteroatoms. The van der Waals surface area contributed by atoms with Gasteiger partial charge in [0.2, 0.25) is 0 Å². The number of para-hydroxylation sites is 2. The van der Waals surface area contributed by atoms with Crippen molar-refractivity contribution in [2.75, 3.05) is 0 Å². The summed E-state index contributed by atoms with van der Waals surface area (Å²) in [5, 5.41) is 5.56. The maximum Gasteiger partial charge on any atom is 0.164 e. The molecule has 1 atom stereocenters. The van der Waals surface area contributed by atoms with Crippen LogP contribution in [0.25, 0.3) is 105 Å². The quantitative estimate of drug-likeness (QED) is 0.150. The fourth-order valence-electron chi connectivity index (χ4n) is 9.17. The molecule has 3 heterocycles. The molecule has 12 rings (SSSR count). The van der Waals surface area contributed by atoms with Crippen LogP contribution >= 0.6 is 0 Å². The Labute approximate surface area is 364 Å². The number of allylic oxidation sites excluding steroid dienone is 4. The van der Waals surface area contributed by atoms with Gasteiger partial charge in [-0.15, -0.1) is 0 Å². The van der Waals surface area contributed by atoms with Crippen LogP contribution in [0.5, 0.6) is 0 Å². The summed E-state index contributed by atoms with van der Waals surface area (Å²) < 4.78 is 6.66. The minimum Gasteiger partial charge on any atom is -0.456 e. The number of rotatable bonds is 7. The summed E-state index contributed by atoms with van der Waals surface area (Å²) in [6.45, 7) is 0. The zero-order chi connectivity index (χ0) is 41.7. The van der Waals surface area contributed by atoms with Gasteiger partial charge in [-0.25, -0.2) is 19.9 Å². The summed E-state index contributed by atoms with van der Waals surface area (Å²) in [7, 11) is 0. The molecule has 0 radical (unpaired) electrons. The van der Waals surface area contributed by atoms with Crippen molar-refractivity contribution >= 4 is 49.2 Å². The first-order valence-corrected chi connectivity index (χ1v) is 21.4. The summed E-state index contributed by atoms with van der Waals surface area (Å²) >= 11 is 0. The lowest BCUT2D eigenvalue weighted by molar-refractivity contribution is 0.669. The first kappa shape index (κ1) is 36.6. The minimum absolute atomic E-state index is 0.152. The van der Waals surface area contributed by atoms with E-state index in [4.69, 9.17) is 24.4 Å². The number of hydrogen-bond donors (Lipinski definition) is 0. The number of pyridine rings is 1. The van der Waals surface area contributed by atoms with Crippen LogP contribution in [0.1, 0.15) is 23.7 Å². The zero-order valence-electron chi connectivity index (χ0n) is 34.2. The van der Waals surface area contributed by atoms with E-state index in [1.807, 2.05) is 48.5 Å². The third-order valence-electron chi connectivity index (χ3n) is 12.3. The van der Waals surface area contributed by atoms with Crippen molar-refractivity contribution in [3.05, 3.63) is 224 Å². The van der Waals surface area contributed by atoms with E-state index in [1.165, 1.54) is 16.5 Å². The van der Waals surface area contributed by atoms with Gasteiger partial charge in [0.05, 0.1) is 11.2 Å². The van der Waals surface area contributed by atoms with Crippen molar-refractivity contribution in [2.24, 2.45) is 0 Å². The lowest BCUT2D eigenvalue weighted by atomic mass is 9.86. The number of furan rings is 1. The lowest BCUT2D eigenvalue weighted by Gasteiger charge is -2.19. The van der Waals surface area contributed by atoms with Crippen molar-refractivity contribution < 1.29 is 4.42 Å². The van der Waals surface area contributed by atoms with E-state index in [0.717, 1.165) is 89.3 Å². The Morgan fingerprint density at radius 2 is 1.00 bits per heavy atom. The molecular weight excluding hydrogens is 769 g/mol. The number of fused-ring (bicyclic) bond motifs is 6. The normalized spacial score (nSPS) is 13.8. The predicted octanol–water partition coefficient (Wildman–Crippen LogP) is 14.9. The van der Waals surface area contributed by atoms with Gasteiger partial charge in [-0.3, -0.25) is 0 Å². The van der Waals surface area contributed by atoms with Gasteiger partial charge in [0.25, 0.3) is 0 Å². The van der Waals surface area contributed by atoms with Crippen LogP contribution in [0, 0.1) is 0 Å². The fraction of sp³-hybridized carbons (Fsp3) is 0.0345. The second-order valence-electron chi connectivity index (χ2n) is 16.1. The molecule has 0 N–H and O–H groups in total. The Kier molecular flexibility index (Phi) is 8.89. The van der Waals surface area contributed by atoms with E-state index in [9.17, 15) is 0 Å². The summed E-state index contributed by atoms with van der Waals surface area (Å²) in [6, 6.07) is 67.6. The summed E-state index contributed by atoms with van der Waals surface area (Å²) in [5.41, 5.74) is 13.4. The highest BCUT2D eigenvalue weighted by molar-refractivity contribution is 6.27. The van der Waals surface area contributed by atoms with Crippen molar-refractivity contribution in [3.8, 4) is 56.3 Å². The molecule has 0 aliphatic heterocycles. The highest BCUT2D eigenvalue weighted by Crippen LogP contribution is 2.47. The van der Waals surface area contributed by atoms with E-state index in [-0.39, 0.29) is 5.92 Å². The third kappa shape index (κ3) is 6.59. The van der Waals surface area contributed by atoms with E-state index in [2.05, 4.69) is 164 Å². The van der Waals surface area contributed by atoms with Crippen molar-refractivity contribution in [3.63, 3.8) is 0 Å². The monoisotopic (exact) mass is 806 g/mol. The summed E-state index contributed by atoms with van der Waals surface area (Å²) in [4.78, 5) is 20.4. The highest BCUT2D eigenvalue weighted by atomic mass is 16.3. The fourth-order valence-corrected chi connectivity index (χ4v) is 9.17. The molecule has 1 unspecified atom stereocenters. The van der Waals surface area contributed by atoms with E-state index in [0.29, 0.717) is 17.5 Å². The van der Waals surface area contributed by atoms with Crippen molar-refractivity contribution in [1.82, 2.24) is 19.9 Å². The van der Waals surface area contributed by atoms with Gasteiger partial charge < -0.3 is 4.42 Å².